The Morgan fingerprint density at radius 3 is 2.58 bits per heavy atom. The maximum Gasteiger partial charge on any atom is 0.156 e. The van der Waals surface area contributed by atoms with Gasteiger partial charge < -0.3 is 14.4 Å². The number of aromatic nitrogens is 3. The average molecular weight is 392 g/mol. The number of benzene rings is 1. The third kappa shape index (κ3) is 4.29. The Hall–Kier alpha value is -1.82. The van der Waals surface area contributed by atoms with E-state index in [1.807, 2.05) is 37.5 Å². The van der Waals surface area contributed by atoms with Gasteiger partial charge in [-0.2, -0.15) is 0 Å². The Labute approximate surface area is 164 Å². The van der Waals surface area contributed by atoms with Crippen LogP contribution in [0.15, 0.2) is 36.8 Å². The molecule has 0 amide bonds. The fourth-order valence-corrected chi connectivity index (χ4v) is 3.35. The van der Waals surface area contributed by atoms with Gasteiger partial charge >= 0.3 is 0 Å². The number of halogens is 2. The van der Waals surface area contributed by atoms with E-state index in [1.165, 1.54) is 0 Å². The smallest absolute Gasteiger partial charge is 0.156 e. The maximum atomic E-state index is 6.21. The number of nitrogens with zero attached hydrogens (tertiary/aromatic N) is 5. The van der Waals surface area contributed by atoms with Crippen molar-refractivity contribution >= 4 is 40.1 Å². The molecule has 2 aromatic heterocycles. The number of aryl methyl sites for hydroxylation is 1. The van der Waals surface area contributed by atoms with Gasteiger partial charge in [0.1, 0.15) is 11.8 Å². The molecule has 0 saturated carbocycles. The van der Waals surface area contributed by atoms with Crippen molar-refractivity contribution in [3.8, 4) is 0 Å². The molecule has 0 bridgehead atoms. The zero-order valence-corrected chi connectivity index (χ0v) is 16.8. The van der Waals surface area contributed by atoms with Crippen LogP contribution in [0.2, 0.25) is 10.0 Å². The molecule has 5 nitrogen and oxygen atoms in total. The van der Waals surface area contributed by atoms with Crippen LogP contribution in [-0.2, 0) is 13.6 Å². The summed E-state index contributed by atoms with van der Waals surface area (Å²) in [7, 11) is 6.19. The lowest BCUT2D eigenvalue weighted by Crippen LogP contribution is -2.28. The standard InChI is InChI=1S/C19H23Cl2N5/c1-24(2)8-4-9-26(12-14-5-6-15(20)16(21)11-14)19-18-17(22-13-23-19)7-10-25(18)3/h5-7,10-11,13H,4,8-9,12H2,1-3H3. The van der Waals surface area contributed by atoms with E-state index in [9.17, 15) is 0 Å². The summed E-state index contributed by atoms with van der Waals surface area (Å²) in [5.41, 5.74) is 3.09. The second-order valence-electron chi connectivity index (χ2n) is 6.68. The molecule has 3 aromatic rings. The molecule has 26 heavy (non-hydrogen) atoms. The summed E-state index contributed by atoms with van der Waals surface area (Å²) in [5, 5.41) is 1.14. The minimum Gasteiger partial charge on any atom is -0.350 e. The summed E-state index contributed by atoms with van der Waals surface area (Å²) >= 11 is 12.3. The normalized spacial score (nSPS) is 11.5. The van der Waals surface area contributed by atoms with E-state index >= 15 is 0 Å². The van der Waals surface area contributed by atoms with Gasteiger partial charge in [0, 0.05) is 26.3 Å². The second-order valence-corrected chi connectivity index (χ2v) is 7.50. The molecule has 7 heteroatoms. The van der Waals surface area contributed by atoms with Crippen molar-refractivity contribution < 1.29 is 0 Å². The van der Waals surface area contributed by atoms with Crippen molar-refractivity contribution in [1.82, 2.24) is 19.4 Å². The van der Waals surface area contributed by atoms with E-state index in [4.69, 9.17) is 23.2 Å². The van der Waals surface area contributed by atoms with Gasteiger partial charge in [-0.1, -0.05) is 29.3 Å². The lowest BCUT2D eigenvalue weighted by Gasteiger charge is -2.25. The average Bonchev–Trinajstić information content (AvgIpc) is 2.98. The quantitative estimate of drug-likeness (QED) is 0.603. The minimum absolute atomic E-state index is 0.571. The van der Waals surface area contributed by atoms with E-state index < -0.39 is 0 Å². The first-order valence-electron chi connectivity index (χ1n) is 8.55. The molecule has 0 fully saturated rings. The highest BCUT2D eigenvalue weighted by atomic mass is 35.5. The molecule has 0 unspecified atom stereocenters. The molecule has 0 aliphatic carbocycles. The largest absolute Gasteiger partial charge is 0.350 e. The third-order valence-corrected chi connectivity index (χ3v) is 5.07. The number of rotatable bonds is 7. The van der Waals surface area contributed by atoms with E-state index in [0.717, 1.165) is 41.9 Å². The molecule has 1 aromatic carbocycles. The van der Waals surface area contributed by atoms with Crippen molar-refractivity contribution in [3.05, 3.63) is 52.4 Å². The highest BCUT2D eigenvalue weighted by Gasteiger charge is 2.16. The lowest BCUT2D eigenvalue weighted by atomic mass is 10.2. The van der Waals surface area contributed by atoms with Gasteiger partial charge in [-0.05, 0) is 50.8 Å². The molecule has 138 valence electrons. The zero-order chi connectivity index (χ0) is 18.7. The summed E-state index contributed by atoms with van der Waals surface area (Å²) in [4.78, 5) is 13.5. The first kappa shape index (κ1) is 19.0. The zero-order valence-electron chi connectivity index (χ0n) is 15.3. The Morgan fingerprint density at radius 1 is 1.04 bits per heavy atom. The van der Waals surface area contributed by atoms with Gasteiger partial charge in [-0.15, -0.1) is 0 Å². The Balaban J connectivity index is 1.93. The van der Waals surface area contributed by atoms with E-state index in [1.54, 1.807) is 6.33 Å². The summed E-state index contributed by atoms with van der Waals surface area (Å²) < 4.78 is 2.07. The third-order valence-electron chi connectivity index (χ3n) is 4.33. The van der Waals surface area contributed by atoms with E-state index in [2.05, 4.69) is 38.4 Å². The topological polar surface area (TPSA) is 37.2 Å². The molecule has 0 atom stereocenters. The second kappa shape index (κ2) is 8.25. The molecule has 3 rings (SSSR count). The molecule has 0 aliphatic rings. The predicted octanol–water partition coefficient (Wildman–Crippen LogP) is 4.23. The van der Waals surface area contributed by atoms with Crippen LogP contribution in [0.4, 0.5) is 5.82 Å². The van der Waals surface area contributed by atoms with Crippen LogP contribution in [0.5, 0.6) is 0 Å². The van der Waals surface area contributed by atoms with Crippen LogP contribution in [0.3, 0.4) is 0 Å². The van der Waals surface area contributed by atoms with Crippen molar-refractivity contribution in [2.45, 2.75) is 13.0 Å². The van der Waals surface area contributed by atoms with Gasteiger partial charge in [-0.25, -0.2) is 9.97 Å². The summed E-state index contributed by atoms with van der Waals surface area (Å²) in [6.45, 7) is 2.61. The van der Waals surface area contributed by atoms with Crippen LogP contribution in [0.1, 0.15) is 12.0 Å². The number of anilines is 1. The van der Waals surface area contributed by atoms with Crippen LogP contribution in [0.25, 0.3) is 11.0 Å². The number of hydrogen-bond acceptors (Lipinski definition) is 4. The van der Waals surface area contributed by atoms with Gasteiger partial charge in [-0.3, -0.25) is 0 Å². The van der Waals surface area contributed by atoms with Crippen molar-refractivity contribution in [2.75, 3.05) is 32.1 Å². The molecule has 0 aliphatic heterocycles. The van der Waals surface area contributed by atoms with Crippen LogP contribution < -0.4 is 4.90 Å². The molecule has 0 saturated heterocycles. The SMILES string of the molecule is CN(C)CCCN(Cc1ccc(Cl)c(Cl)c1)c1ncnc2ccn(C)c12. The first-order valence-corrected chi connectivity index (χ1v) is 9.31. The number of fused-ring (bicyclic) bond motifs is 1. The fourth-order valence-electron chi connectivity index (χ4n) is 3.03. The minimum atomic E-state index is 0.571. The van der Waals surface area contributed by atoms with Gasteiger partial charge in [0.05, 0.1) is 15.6 Å². The monoisotopic (exact) mass is 391 g/mol. The molecular weight excluding hydrogens is 369 g/mol. The van der Waals surface area contributed by atoms with Crippen molar-refractivity contribution in [3.63, 3.8) is 0 Å². The van der Waals surface area contributed by atoms with Gasteiger partial charge in [0.25, 0.3) is 0 Å². The fraction of sp³-hybridized carbons (Fsp3) is 0.368. The van der Waals surface area contributed by atoms with Crippen LogP contribution in [0, 0.1) is 0 Å². The number of hydrogen-bond donors (Lipinski definition) is 0. The molecular formula is C19H23Cl2N5. The van der Waals surface area contributed by atoms with Crippen LogP contribution >= 0.6 is 23.2 Å². The first-order chi connectivity index (χ1) is 12.5. The van der Waals surface area contributed by atoms with E-state index in [-0.39, 0.29) is 0 Å². The highest BCUT2D eigenvalue weighted by Crippen LogP contribution is 2.27. The lowest BCUT2D eigenvalue weighted by molar-refractivity contribution is 0.400. The van der Waals surface area contributed by atoms with Gasteiger partial charge in [0.2, 0.25) is 0 Å². The summed E-state index contributed by atoms with van der Waals surface area (Å²) in [5.74, 6) is 0.937. The molecule has 2 heterocycles. The van der Waals surface area contributed by atoms with Crippen molar-refractivity contribution in [1.29, 1.82) is 0 Å². The molecule has 0 spiro atoms. The van der Waals surface area contributed by atoms with Crippen LogP contribution in [-0.4, -0.2) is 46.6 Å². The summed E-state index contributed by atoms with van der Waals surface area (Å²) in [6, 6.07) is 7.79. The van der Waals surface area contributed by atoms with Crippen molar-refractivity contribution in [2.24, 2.45) is 7.05 Å². The molecule has 0 N–H and O–H groups in total. The maximum absolute atomic E-state index is 6.21. The highest BCUT2D eigenvalue weighted by molar-refractivity contribution is 6.42. The Bertz CT molecular complexity index is 891. The van der Waals surface area contributed by atoms with Gasteiger partial charge in [0.15, 0.2) is 5.82 Å². The Kier molecular flexibility index (Phi) is 6.01. The predicted molar refractivity (Wildman–Crippen MR) is 109 cm³/mol. The Morgan fingerprint density at radius 2 is 1.85 bits per heavy atom. The summed E-state index contributed by atoms with van der Waals surface area (Å²) in [6.07, 6.45) is 4.68. The molecule has 0 radical (unpaired) electrons. The van der Waals surface area contributed by atoms with E-state index in [0.29, 0.717) is 16.6 Å².